The Labute approximate surface area is 161 Å². The fourth-order valence-electron chi connectivity index (χ4n) is 3.32. The van der Waals surface area contributed by atoms with Crippen LogP contribution in [0.25, 0.3) is 0 Å². The summed E-state index contributed by atoms with van der Waals surface area (Å²) in [5, 5.41) is 5.71. The molecule has 1 aromatic rings. The second kappa shape index (κ2) is 8.84. The first kappa shape index (κ1) is 21.4. The third-order valence-electron chi connectivity index (χ3n) is 4.64. The summed E-state index contributed by atoms with van der Waals surface area (Å²) in [6, 6.07) is 7.52. The Morgan fingerprint density at radius 3 is 2.44 bits per heavy atom. The minimum Gasteiger partial charge on any atom is -0.349 e. The van der Waals surface area contributed by atoms with Gasteiger partial charge in [0.2, 0.25) is 11.8 Å². The molecule has 0 saturated carbocycles. The number of anilines is 1. The van der Waals surface area contributed by atoms with E-state index >= 15 is 0 Å². The highest BCUT2D eigenvalue weighted by Crippen LogP contribution is 2.22. The highest BCUT2D eigenvalue weighted by molar-refractivity contribution is 7.91. The van der Waals surface area contributed by atoms with Crippen LogP contribution >= 0.6 is 0 Å². The van der Waals surface area contributed by atoms with Gasteiger partial charge in [0.25, 0.3) is 0 Å². The number of aryl methyl sites for hydroxylation is 1. The van der Waals surface area contributed by atoms with E-state index in [2.05, 4.69) is 10.6 Å². The molecule has 2 rings (SSSR count). The molecule has 0 aromatic heterocycles. The summed E-state index contributed by atoms with van der Waals surface area (Å²) in [6.45, 7) is 6.42. The molecule has 0 spiro atoms. The van der Waals surface area contributed by atoms with E-state index in [0.717, 1.165) is 17.7 Å². The first-order valence-corrected chi connectivity index (χ1v) is 11.0. The Morgan fingerprint density at radius 2 is 1.85 bits per heavy atom. The van der Waals surface area contributed by atoms with Crippen LogP contribution in [-0.4, -0.2) is 61.8 Å². The van der Waals surface area contributed by atoms with Crippen molar-refractivity contribution in [2.45, 2.75) is 39.2 Å². The van der Waals surface area contributed by atoms with Crippen LogP contribution < -0.4 is 10.6 Å². The zero-order valence-electron chi connectivity index (χ0n) is 16.2. The van der Waals surface area contributed by atoms with Gasteiger partial charge in [0.1, 0.15) is 0 Å². The quantitative estimate of drug-likeness (QED) is 0.693. The number of rotatable bonds is 8. The van der Waals surface area contributed by atoms with Gasteiger partial charge in [0.05, 0.1) is 30.1 Å². The molecule has 0 aliphatic carbocycles. The number of benzene rings is 1. The van der Waals surface area contributed by atoms with Gasteiger partial charge in [-0.05, 0) is 44.9 Å². The molecule has 7 nitrogen and oxygen atoms in total. The lowest BCUT2D eigenvalue weighted by Gasteiger charge is -2.27. The van der Waals surface area contributed by atoms with Crippen LogP contribution in [0.2, 0.25) is 0 Å². The van der Waals surface area contributed by atoms with Crippen molar-refractivity contribution < 1.29 is 18.0 Å². The normalized spacial score (nSPS) is 21.2. The Hall–Kier alpha value is -1.93. The minimum absolute atomic E-state index is 0.0344. The summed E-state index contributed by atoms with van der Waals surface area (Å²) in [4.78, 5) is 26.5. The lowest BCUT2D eigenvalue weighted by molar-refractivity contribution is -0.124. The number of hydrogen-bond donors (Lipinski definition) is 2. The Morgan fingerprint density at radius 1 is 1.19 bits per heavy atom. The van der Waals surface area contributed by atoms with E-state index in [-0.39, 0.29) is 36.4 Å². The largest absolute Gasteiger partial charge is 0.349 e. The summed E-state index contributed by atoms with van der Waals surface area (Å²) in [7, 11) is -3.09. The van der Waals surface area contributed by atoms with Crippen LogP contribution in [0.1, 0.15) is 32.3 Å². The van der Waals surface area contributed by atoms with E-state index in [1.807, 2.05) is 38.1 Å². The predicted molar refractivity (Wildman–Crippen MR) is 106 cm³/mol. The molecule has 1 aromatic carbocycles. The van der Waals surface area contributed by atoms with Crippen LogP contribution in [0, 0.1) is 6.92 Å². The van der Waals surface area contributed by atoms with Crippen molar-refractivity contribution in [3.63, 3.8) is 0 Å². The number of sulfone groups is 1. The molecule has 1 fully saturated rings. The zero-order valence-corrected chi connectivity index (χ0v) is 17.1. The van der Waals surface area contributed by atoms with Crippen molar-refractivity contribution in [1.82, 2.24) is 10.2 Å². The third-order valence-corrected chi connectivity index (χ3v) is 6.54. The highest BCUT2D eigenvalue weighted by atomic mass is 32.2. The molecule has 8 heteroatoms. The number of carbonyl (C=O) groups excluding carboxylic acids is 2. The lowest BCUT2D eigenvalue weighted by atomic mass is 10.0. The smallest absolute Gasteiger partial charge is 0.238 e. The van der Waals surface area contributed by atoms with Gasteiger partial charge in [-0.25, -0.2) is 8.42 Å². The number of nitrogens with zero attached hydrogens (tertiary/aromatic N) is 1. The average molecular weight is 396 g/mol. The molecule has 150 valence electrons. The summed E-state index contributed by atoms with van der Waals surface area (Å²) in [5.74, 6) is -0.374. The molecule has 1 heterocycles. The summed E-state index contributed by atoms with van der Waals surface area (Å²) < 4.78 is 23.4. The van der Waals surface area contributed by atoms with Crippen molar-refractivity contribution in [2.75, 3.05) is 36.5 Å². The molecule has 1 atom stereocenters. The molecule has 2 N–H and O–H groups in total. The average Bonchev–Trinajstić information content (AvgIpc) is 2.82. The topological polar surface area (TPSA) is 95.6 Å². The van der Waals surface area contributed by atoms with Crippen molar-refractivity contribution in [1.29, 1.82) is 0 Å². The highest BCUT2D eigenvalue weighted by Gasteiger charge is 2.39. The maximum atomic E-state index is 12.4. The summed E-state index contributed by atoms with van der Waals surface area (Å²) >= 11 is 0. The number of nitrogens with one attached hydrogen (secondary N) is 2. The van der Waals surface area contributed by atoms with Gasteiger partial charge in [-0.1, -0.05) is 25.1 Å². The van der Waals surface area contributed by atoms with Gasteiger partial charge in [0, 0.05) is 5.69 Å². The molecule has 0 bridgehead atoms. The van der Waals surface area contributed by atoms with Crippen molar-refractivity contribution in [3.05, 3.63) is 29.8 Å². The molecule has 1 saturated heterocycles. The van der Waals surface area contributed by atoms with Crippen LogP contribution in [0.3, 0.4) is 0 Å². The number of hydrogen-bond acceptors (Lipinski definition) is 5. The second-order valence-electron chi connectivity index (χ2n) is 7.52. The maximum Gasteiger partial charge on any atom is 0.238 e. The molecule has 1 aliphatic rings. The Kier molecular flexibility index (Phi) is 7.00. The number of para-hydroxylation sites is 1. The number of carbonyl (C=O) groups is 2. The van der Waals surface area contributed by atoms with Crippen molar-refractivity contribution >= 4 is 27.3 Å². The summed E-state index contributed by atoms with van der Waals surface area (Å²) in [6.07, 6.45) is 1.22. The second-order valence-corrected chi connectivity index (χ2v) is 9.71. The predicted octanol–water partition coefficient (Wildman–Crippen LogP) is 1.34. The van der Waals surface area contributed by atoms with E-state index in [4.69, 9.17) is 0 Å². The van der Waals surface area contributed by atoms with Crippen LogP contribution in [0.4, 0.5) is 5.69 Å². The Bertz CT molecular complexity index is 794. The molecular formula is C19H29N3O4S. The fraction of sp³-hybridized carbons (Fsp3) is 0.579. The van der Waals surface area contributed by atoms with Gasteiger partial charge in [-0.2, -0.15) is 0 Å². The Balaban J connectivity index is 1.91. The van der Waals surface area contributed by atoms with E-state index < -0.39 is 15.4 Å². The van der Waals surface area contributed by atoms with Gasteiger partial charge >= 0.3 is 0 Å². The van der Waals surface area contributed by atoms with Gasteiger partial charge in [0.15, 0.2) is 9.84 Å². The molecular weight excluding hydrogens is 366 g/mol. The first-order valence-electron chi connectivity index (χ1n) is 9.22. The van der Waals surface area contributed by atoms with Crippen LogP contribution in [-0.2, 0) is 19.4 Å². The molecule has 1 unspecified atom stereocenters. The maximum absolute atomic E-state index is 12.4. The van der Waals surface area contributed by atoms with E-state index in [9.17, 15) is 18.0 Å². The monoisotopic (exact) mass is 395 g/mol. The van der Waals surface area contributed by atoms with Crippen molar-refractivity contribution in [3.8, 4) is 0 Å². The van der Waals surface area contributed by atoms with E-state index in [1.165, 1.54) is 0 Å². The molecule has 2 amide bonds. The molecule has 0 radical (unpaired) electrons. The molecule has 1 aliphatic heterocycles. The van der Waals surface area contributed by atoms with Gasteiger partial charge < -0.3 is 10.6 Å². The van der Waals surface area contributed by atoms with E-state index in [0.29, 0.717) is 13.0 Å². The van der Waals surface area contributed by atoms with E-state index in [1.54, 1.807) is 11.8 Å². The standard InChI is InChI=1S/C19H29N3O4S/c1-4-10-22(12-17(23)20-16-8-6-5-7-15(16)2)13-18(24)21-19(3)9-11-27(25,26)14-19/h5-8H,4,9-14H2,1-3H3,(H,20,23)(H,21,24). The zero-order chi connectivity index (χ0) is 20.1. The van der Waals surface area contributed by atoms with Gasteiger partial charge in [-0.3, -0.25) is 14.5 Å². The third kappa shape index (κ3) is 6.62. The number of amides is 2. The van der Waals surface area contributed by atoms with Crippen molar-refractivity contribution in [2.24, 2.45) is 0 Å². The van der Waals surface area contributed by atoms with Crippen LogP contribution in [0.5, 0.6) is 0 Å². The first-order chi connectivity index (χ1) is 12.6. The minimum atomic E-state index is -3.09. The van der Waals surface area contributed by atoms with Gasteiger partial charge in [-0.15, -0.1) is 0 Å². The summed E-state index contributed by atoms with van der Waals surface area (Å²) in [5.41, 5.74) is 1.00. The fourth-order valence-corrected chi connectivity index (χ4v) is 5.42. The molecule has 27 heavy (non-hydrogen) atoms. The van der Waals surface area contributed by atoms with Crippen LogP contribution in [0.15, 0.2) is 24.3 Å². The SMILES string of the molecule is CCCN(CC(=O)Nc1ccccc1C)CC(=O)NC1(C)CCS(=O)(=O)C1. The lowest BCUT2D eigenvalue weighted by Crippen LogP contribution is -2.51.